The van der Waals surface area contributed by atoms with E-state index in [1.165, 1.54) is 0 Å². The summed E-state index contributed by atoms with van der Waals surface area (Å²) in [5, 5.41) is 26.7. The summed E-state index contributed by atoms with van der Waals surface area (Å²) >= 11 is 0. The van der Waals surface area contributed by atoms with Crippen LogP contribution in [0.4, 0.5) is 0 Å². The zero-order valence-electron chi connectivity index (χ0n) is 18.8. The van der Waals surface area contributed by atoms with Crippen molar-refractivity contribution in [2.45, 2.75) is 0 Å². The number of fused-ring (bicyclic) bond motifs is 3. The molecule has 1 aliphatic heterocycles. The first-order chi connectivity index (χ1) is 17.3. The molecule has 0 aliphatic carbocycles. The van der Waals surface area contributed by atoms with Gasteiger partial charge in [0.05, 0.1) is 21.6 Å². The van der Waals surface area contributed by atoms with Crippen molar-refractivity contribution in [3.8, 4) is 12.1 Å². The van der Waals surface area contributed by atoms with Crippen molar-refractivity contribution in [1.29, 1.82) is 10.5 Å². The summed E-state index contributed by atoms with van der Waals surface area (Å²) in [5.41, 5.74) is 2.94. The average molecular weight is 465 g/mol. The second kappa shape index (κ2) is 8.34. The molecule has 2 heterocycles. The Kier molecular flexibility index (Phi) is 5.00. The standard InChI is InChI=1S/C31H20N3P/c32-21-26-19-23(34-30-17-9-7-15-28(30)29-16-8-10-18-31(29)34)20-27(22-33)35(26,24-11-3-1-4-12-24)25-13-5-2-6-14-25/h1-20H. The zero-order chi connectivity index (χ0) is 23.8. The van der Waals surface area contributed by atoms with Gasteiger partial charge in [0, 0.05) is 23.4 Å². The van der Waals surface area contributed by atoms with Crippen LogP contribution in [0.15, 0.2) is 127 Å². The molecule has 5 aromatic rings. The Morgan fingerprint density at radius 3 is 1.51 bits per heavy atom. The van der Waals surface area contributed by atoms with Crippen molar-refractivity contribution in [1.82, 2.24) is 4.57 Å². The van der Waals surface area contributed by atoms with E-state index in [2.05, 4.69) is 41.0 Å². The van der Waals surface area contributed by atoms with Gasteiger partial charge < -0.3 is 4.57 Å². The molecule has 4 heteroatoms. The van der Waals surface area contributed by atoms with E-state index < -0.39 is 6.89 Å². The number of hydrogen-bond acceptors (Lipinski definition) is 2. The van der Waals surface area contributed by atoms with Gasteiger partial charge in [-0.1, -0.05) is 97.1 Å². The second-order valence-corrected chi connectivity index (χ2v) is 11.8. The van der Waals surface area contributed by atoms with Crippen molar-refractivity contribution in [2.24, 2.45) is 0 Å². The predicted molar refractivity (Wildman–Crippen MR) is 147 cm³/mol. The third-order valence-corrected chi connectivity index (χ3v) is 10.7. The van der Waals surface area contributed by atoms with Gasteiger partial charge in [-0.2, -0.15) is 10.5 Å². The van der Waals surface area contributed by atoms with E-state index in [1.807, 2.05) is 97.1 Å². The molecule has 4 aromatic carbocycles. The molecule has 0 amide bonds. The van der Waals surface area contributed by atoms with Gasteiger partial charge in [-0.25, -0.2) is 0 Å². The van der Waals surface area contributed by atoms with Crippen LogP contribution in [-0.4, -0.2) is 9.86 Å². The van der Waals surface area contributed by atoms with Crippen molar-refractivity contribution in [3.05, 3.63) is 127 Å². The SMILES string of the molecule is N#CC1=CC(n2c3ccccc3c3ccccc32)=CC(C#N)=P1(c1ccccc1)c1ccccc1. The Morgan fingerprint density at radius 1 is 0.543 bits per heavy atom. The van der Waals surface area contributed by atoms with Crippen LogP contribution in [0.5, 0.6) is 0 Å². The fourth-order valence-electron chi connectivity index (χ4n) is 5.20. The first-order valence-electron chi connectivity index (χ1n) is 11.4. The monoisotopic (exact) mass is 465 g/mol. The topological polar surface area (TPSA) is 52.5 Å². The quantitative estimate of drug-likeness (QED) is 0.289. The minimum absolute atomic E-state index is 0.630. The van der Waals surface area contributed by atoms with Gasteiger partial charge >= 0.3 is 0 Å². The highest BCUT2D eigenvalue weighted by atomic mass is 31.2. The molecule has 3 nitrogen and oxygen atoms in total. The first-order valence-corrected chi connectivity index (χ1v) is 13.2. The smallest absolute Gasteiger partial charge is 0.100 e. The van der Waals surface area contributed by atoms with Crippen LogP contribution >= 0.6 is 6.89 Å². The maximum Gasteiger partial charge on any atom is 0.100 e. The lowest BCUT2D eigenvalue weighted by Gasteiger charge is -2.31. The molecule has 0 atom stereocenters. The molecule has 0 fully saturated rings. The van der Waals surface area contributed by atoms with Crippen molar-refractivity contribution in [2.75, 3.05) is 0 Å². The van der Waals surface area contributed by atoms with Crippen molar-refractivity contribution < 1.29 is 0 Å². The third kappa shape index (κ3) is 3.04. The van der Waals surface area contributed by atoms with Crippen LogP contribution < -0.4 is 10.6 Å². The molecule has 6 rings (SSSR count). The zero-order valence-corrected chi connectivity index (χ0v) is 19.7. The van der Waals surface area contributed by atoms with Crippen molar-refractivity contribution in [3.63, 3.8) is 0 Å². The molecule has 1 aromatic heterocycles. The van der Waals surface area contributed by atoms with Crippen LogP contribution in [0.25, 0.3) is 27.5 Å². The Bertz CT molecular complexity index is 1710. The highest BCUT2D eigenvalue weighted by Crippen LogP contribution is 2.57. The number of benzene rings is 4. The van der Waals surface area contributed by atoms with E-state index in [0.717, 1.165) is 38.1 Å². The predicted octanol–water partition coefficient (Wildman–Crippen LogP) is 6.42. The Morgan fingerprint density at radius 2 is 1.03 bits per heavy atom. The Balaban J connectivity index is 1.77. The second-order valence-electron chi connectivity index (χ2n) is 8.42. The summed E-state index contributed by atoms with van der Waals surface area (Å²) < 4.78 is 2.17. The van der Waals surface area contributed by atoms with Gasteiger partial charge in [0.15, 0.2) is 0 Å². The summed E-state index contributed by atoms with van der Waals surface area (Å²) in [6.07, 6.45) is 3.99. The van der Waals surface area contributed by atoms with E-state index in [9.17, 15) is 10.5 Å². The molecule has 0 bridgehead atoms. The lowest BCUT2D eigenvalue weighted by Crippen LogP contribution is -2.24. The maximum absolute atomic E-state index is 10.6. The highest BCUT2D eigenvalue weighted by Gasteiger charge is 2.34. The van der Waals surface area contributed by atoms with Gasteiger partial charge in [-0.3, -0.25) is 0 Å². The summed E-state index contributed by atoms with van der Waals surface area (Å²) in [7, 11) is 0. The normalized spacial score (nSPS) is 14.7. The molecule has 0 saturated carbocycles. The molecule has 0 radical (unpaired) electrons. The molecule has 0 N–H and O–H groups in total. The summed E-state index contributed by atoms with van der Waals surface area (Å²) in [6, 6.07) is 41.6. The van der Waals surface area contributed by atoms with E-state index in [0.29, 0.717) is 10.6 Å². The van der Waals surface area contributed by atoms with Crippen LogP contribution in [-0.2, 0) is 0 Å². The number of aromatic nitrogens is 1. The number of para-hydroxylation sites is 2. The molecule has 0 unspecified atom stereocenters. The number of allylic oxidation sites excluding steroid dienone is 4. The van der Waals surface area contributed by atoms with Crippen LogP contribution in [0.3, 0.4) is 0 Å². The van der Waals surface area contributed by atoms with Crippen LogP contribution in [0, 0.1) is 22.7 Å². The Hall–Kier alpha value is -4.56. The van der Waals surface area contributed by atoms with Crippen LogP contribution in [0.1, 0.15) is 0 Å². The highest BCUT2D eigenvalue weighted by molar-refractivity contribution is 7.93. The van der Waals surface area contributed by atoms with E-state index in [-0.39, 0.29) is 0 Å². The van der Waals surface area contributed by atoms with Gasteiger partial charge in [-0.05, 0) is 34.9 Å². The first kappa shape index (κ1) is 21.0. The van der Waals surface area contributed by atoms with Crippen LogP contribution in [0.2, 0.25) is 0 Å². The molecular weight excluding hydrogens is 445 g/mol. The summed E-state index contributed by atoms with van der Waals surface area (Å²) in [5.74, 6) is 0. The summed E-state index contributed by atoms with van der Waals surface area (Å²) in [6.45, 7) is -2.61. The largest absolute Gasteiger partial charge is 0.309 e. The molecule has 35 heavy (non-hydrogen) atoms. The number of hydrogen-bond donors (Lipinski definition) is 0. The van der Waals surface area contributed by atoms with Crippen molar-refractivity contribution >= 4 is 50.3 Å². The van der Waals surface area contributed by atoms with E-state index >= 15 is 0 Å². The molecule has 0 spiro atoms. The van der Waals surface area contributed by atoms with E-state index in [4.69, 9.17) is 0 Å². The summed E-state index contributed by atoms with van der Waals surface area (Å²) in [4.78, 5) is 0. The number of nitrogens with zero attached hydrogens (tertiary/aromatic N) is 3. The fraction of sp³-hybridized carbons (Fsp3) is 0. The van der Waals surface area contributed by atoms with E-state index in [1.54, 1.807) is 0 Å². The lowest BCUT2D eigenvalue weighted by molar-refractivity contribution is 1.24. The number of rotatable bonds is 3. The van der Waals surface area contributed by atoms with Gasteiger partial charge in [0.2, 0.25) is 0 Å². The van der Waals surface area contributed by atoms with Gasteiger partial charge in [0.1, 0.15) is 12.1 Å². The van der Waals surface area contributed by atoms with Gasteiger partial charge in [0.25, 0.3) is 0 Å². The van der Waals surface area contributed by atoms with Gasteiger partial charge in [-0.15, -0.1) is 0 Å². The lowest BCUT2D eigenvalue weighted by atomic mass is 10.2. The Labute approximate surface area is 204 Å². The average Bonchev–Trinajstić information content (AvgIpc) is 3.27. The molecule has 1 aliphatic rings. The molecule has 0 saturated heterocycles. The molecular formula is C31H20N3P. The fourth-order valence-corrected chi connectivity index (χ4v) is 9.06. The maximum atomic E-state index is 10.6. The minimum Gasteiger partial charge on any atom is -0.309 e. The molecule has 164 valence electrons. The minimum atomic E-state index is -2.61. The number of nitriles is 2. The third-order valence-electron chi connectivity index (χ3n) is 6.65.